The van der Waals surface area contributed by atoms with E-state index in [2.05, 4.69) is 0 Å². The molecule has 3 N–H and O–H groups in total. The quantitative estimate of drug-likeness (QED) is 0.124. The van der Waals surface area contributed by atoms with E-state index in [9.17, 15) is 33.0 Å². The van der Waals surface area contributed by atoms with Crippen LogP contribution < -0.4 is 34.7 Å². The van der Waals surface area contributed by atoms with Gasteiger partial charge in [-0.15, -0.1) is 5.12 Å². The minimum atomic E-state index is -1.29. The number of amides is 1. The number of hydrogen-bond acceptors (Lipinski definition) is 4. The van der Waals surface area contributed by atoms with Crippen molar-refractivity contribution < 1.29 is 73.5 Å². The molecule has 3 aromatic carbocycles. The molecule has 0 unspecified atom stereocenters. The molecule has 0 spiro atoms. The number of aliphatic hydroxyl groups excluding tert-OH is 2. The van der Waals surface area contributed by atoms with E-state index in [1.807, 2.05) is 0 Å². The molecule has 0 aliphatic carbocycles. The maximum Gasteiger partial charge on any atom is 1.00 e. The molecule has 7 nitrogen and oxygen atoms in total. The summed E-state index contributed by atoms with van der Waals surface area (Å²) in [5.74, 6) is -4.01. The van der Waals surface area contributed by atoms with Gasteiger partial charge in [-0.1, -0.05) is 28.7 Å². The Labute approximate surface area is 281 Å². The van der Waals surface area contributed by atoms with Crippen LogP contribution >= 0.6 is 0 Å². The van der Waals surface area contributed by atoms with Crippen LogP contribution in [0.15, 0.2) is 72.8 Å². The predicted molar refractivity (Wildman–Crippen MR) is 158 cm³/mol. The van der Waals surface area contributed by atoms with E-state index in [0.29, 0.717) is 22.4 Å². The van der Waals surface area contributed by atoms with Gasteiger partial charge in [0.1, 0.15) is 23.1 Å². The van der Waals surface area contributed by atoms with E-state index >= 15 is 4.48 Å². The fourth-order valence-corrected chi connectivity index (χ4v) is 5.29. The molecule has 234 valence electrons. The van der Waals surface area contributed by atoms with Gasteiger partial charge in [0.2, 0.25) is 0 Å². The molecule has 1 amide bonds. The number of rotatable bonds is 12. The molecule has 45 heavy (non-hydrogen) atoms. The molecule has 0 radical (unpaired) electrons. The number of anilines is 1. The molecule has 0 bridgehead atoms. The molecular formula is C33H33F4N2NaO5. The first-order chi connectivity index (χ1) is 20.9. The third-order valence-electron chi connectivity index (χ3n) is 7.19. The molecule has 4 rings (SSSR count). The van der Waals surface area contributed by atoms with E-state index < -0.39 is 54.0 Å². The first kappa shape index (κ1) is 36.0. The van der Waals surface area contributed by atoms with Crippen LogP contribution in [0.5, 0.6) is 0 Å². The molecule has 0 saturated carbocycles. The molecule has 0 aliphatic heterocycles. The summed E-state index contributed by atoms with van der Waals surface area (Å²) < 4.78 is 59.0. The number of aliphatic carboxylic acids is 1. The molecule has 1 heterocycles. The number of benzene rings is 3. The van der Waals surface area contributed by atoms with Crippen molar-refractivity contribution in [2.75, 3.05) is 5.12 Å². The number of hydrogen-bond donors (Lipinski definition) is 3. The zero-order chi connectivity index (χ0) is 32.1. The zero-order valence-electron chi connectivity index (χ0n) is 26.1. The fourth-order valence-electron chi connectivity index (χ4n) is 5.29. The van der Waals surface area contributed by atoms with Gasteiger partial charge in [0.05, 0.1) is 24.3 Å². The molecule has 0 aliphatic rings. The number of halogens is 4. The summed E-state index contributed by atoms with van der Waals surface area (Å²) in [7, 11) is 0. The second-order valence-corrected chi connectivity index (χ2v) is 10.8. The van der Waals surface area contributed by atoms with Crippen LogP contribution in [0.4, 0.5) is 23.3 Å². The van der Waals surface area contributed by atoms with Gasteiger partial charge in [-0.3, -0.25) is 9.59 Å². The van der Waals surface area contributed by atoms with Crippen LogP contribution in [0.25, 0.3) is 22.3 Å². The SMILES string of the molecule is CC(C)n1c(CC[C@@H](O)C[C@@H](O)CC(=O)O)c(-c2ccc(F)cc2)c(-c2ccc(F)cc2)c1C(=O)N(F)c1ccc(F)cc1.[H-].[Na+]. The van der Waals surface area contributed by atoms with Crippen molar-refractivity contribution in [3.05, 3.63) is 102 Å². The monoisotopic (exact) mass is 636 g/mol. The van der Waals surface area contributed by atoms with Gasteiger partial charge >= 0.3 is 41.4 Å². The second-order valence-electron chi connectivity index (χ2n) is 10.8. The number of carboxylic acids is 1. The Morgan fingerprint density at radius 2 is 1.27 bits per heavy atom. The van der Waals surface area contributed by atoms with E-state index in [0.717, 1.165) is 24.3 Å². The summed E-state index contributed by atoms with van der Waals surface area (Å²) in [6, 6.07) is 14.4. The van der Waals surface area contributed by atoms with Gasteiger partial charge in [0, 0.05) is 22.9 Å². The average Bonchev–Trinajstić information content (AvgIpc) is 3.31. The summed E-state index contributed by atoms with van der Waals surface area (Å²) in [5, 5.41) is 29.6. The zero-order valence-corrected chi connectivity index (χ0v) is 27.1. The predicted octanol–water partition coefficient (Wildman–Crippen LogP) is 3.99. The number of carbonyl (C=O) groups excluding carboxylic acids is 1. The van der Waals surface area contributed by atoms with Crippen LogP contribution in [-0.2, 0) is 11.2 Å². The third kappa shape index (κ3) is 8.62. The van der Waals surface area contributed by atoms with Crippen LogP contribution in [0.1, 0.15) is 56.8 Å². The first-order valence-electron chi connectivity index (χ1n) is 14.0. The van der Waals surface area contributed by atoms with Gasteiger partial charge < -0.3 is 21.3 Å². The van der Waals surface area contributed by atoms with Gasteiger partial charge in [0.25, 0.3) is 0 Å². The Bertz CT molecular complexity index is 1620. The summed E-state index contributed by atoms with van der Waals surface area (Å²) in [6.45, 7) is 3.52. The Balaban J connectivity index is 0.00000368. The maximum atomic E-state index is 15.8. The Hall–Kier alpha value is -3.48. The van der Waals surface area contributed by atoms with Gasteiger partial charge in [0.15, 0.2) is 0 Å². The van der Waals surface area contributed by atoms with Crippen molar-refractivity contribution in [2.24, 2.45) is 0 Å². The minimum Gasteiger partial charge on any atom is -1.00 e. The summed E-state index contributed by atoms with van der Waals surface area (Å²) >= 11 is 0. The van der Waals surface area contributed by atoms with Crippen molar-refractivity contribution in [2.45, 2.75) is 57.8 Å². The summed E-state index contributed by atoms with van der Waals surface area (Å²) in [4.78, 5) is 25.0. The molecular weight excluding hydrogens is 603 g/mol. The summed E-state index contributed by atoms with van der Waals surface area (Å²) in [5.41, 5.74) is 1.59. The van der Waals surface area contributed by atoms with Gasteiger partial charge in [-0.05, 0) is 92.8 Å². The number of carbonyl (C=O) groups is 2. The molecule has 12 heteroatoms. The van der Waals surface area contributed by atoms with Gasteiger partial charge in [-0.25, -0.2) is 13.2 Å². The van der Waals surface area contributed by atoms with Crippen molar-refractivity contribution in [1.82, 2.24) is 4.57 Å². The fraction of sp³-hybridized carbons (Fsp3) is 0.273. The van der Waals surface area contributed by atoms with Crippen molar-refractivity contribution in [3.8, 4) is 22.3 Å². The third-order valence-corrected chi connectivity index (χ3v) is 7.19. The second kappa shape index (κ2) is 15.7. The van der Waals surface area contributed by atoms with Crippen LogP contribution in [0.3, 0.4) is 0 Å². The molecule has 0 fully saturated rings. The molecule has 2 atom stereocenters. The molecule has 1 aromatic heterocycles. The molecule has 4 aromatic rings. The van der Waals surface area contributed by atoms with Crippen LogP contribution in [-0.4, -0.2) is 44.0 Å². The Morgan fingerprint density at radius 3 is 1.73 bits per heavy atom. The number of nitrogens with zero attached hydrogens (tertiary/aromatic N) is 2. The standard InChI is InChI=1S/C33H32F4N2O5.Na.H/c1-19(2)38-28(16-15-26(40)17-27(41)18-29(42)43)30(20-3-7-22(34)8-4-20)31(21-5-9-23(35)10-6-21)32(38)33(44)39(37)25-13-11-24(36)12-14-25;;/h3-14,19,26-27,40-41H,15-18H2,1-2H3,(H,42,43);;/q;+1;-1/t26-,27-;;/m1../s1. The Kier molecular flexibility index (Phi) is 12.5. The van der Waals surface area contributed by atoms with Crippen LogP contribution in [0, 0.1) is 17.5 Å². The van der Waals surface area contributed by atoms with E-state index in [1.165, 1.54) is 48.5 Å². The van der Waals surface area contributed by atoms with Crippen molar-refractivity contribution in [3.63, 3.8) is 0 Å². The maximum absolute atomic E-state index is 15.8. The van der Waals surface area contributed by atoms with Crippen molar-refractivity contribution in [1.29, 1.82) is 0 Å². The first-order valence-corrected chi connectivity index (χ1v) is 14.0. The Morgan fingerprint density at radius 1 is 0.800 bits per heavy atom. The smallest absolute Gasteiger partial charge is 1.00 e. The van der Waals surface area contributed by atoms with E-state index in [1.54, 1.807) is 18.4 Å². The topological polar surface area (TPSA) is 103 Å². The minimum absolute atomic E-state index is 0. The number of carboxylic acid groups (broad SMARTS) is 1. The number of aliphatic hydroxyl groups is 2. The molecule has 0 saturated heterocycles. The summed E-state index contributed by atoms with van der Waals surface area (Å²) in [6.07, 6.45) is -3.10. The largest absolute Gasteiger partial charge is 1.00 e. The van der Waals surface area contributed by atoms with Crippen molar-refractivity contribution >= 4 is 17.6 Å². The van der Waals surface area contributed by atoms with E-state index in [4.69, 9.17) is 5.11 Å². The van der Waals surface area contributed by atoms with Crippen LogP contribution in [0.2, 0.25) is 0 Å². The van der Waals surface area contributed by atoms with E-state index in [-0.39, 0.29) is 72.3 Å². The van der Waals surface area contributed by atoms with Gasteiger partial charge in [-0.2, -0.15) is 0 Å². The average molecular weight is 637 g/mol. The number of aromatic nitrogens is 1. The normalized spacial score (nSPS) is 12.5.